The Balaban J connectivity index is 1.13. The van der Waals surface area contributed by atoms with Gasteiger partial charge in [0.1, 0.15) is 17.2 Å². The van der Waals surface area contributed by atoms with Crippen molar-refractivity contribution in [1.82, 2.24) is 20.1 Å². The summed E-state index contributed by atoms with van der Waals surface area (Å²) in [6.45, 7) is 3.66. The van der Waals surface area contributed by atoms with Gasteiger partial charge in [-0.1, -0.05) is 0 Å². The van der Waals surface area contributed by atoms with Crippen LogP contribution in [0.25, 0.3) is 11.1 Å². The summed E-state index contributed by atoms with van der Waals surface area (Å²) in [5, 5.41) is 14.1. The fourth-order valence-electron chi connectivity index (χ4n) is 6.79. The fraction of sp³-hybridized carbons (Fsp3) is 0.375. The number of aromatic nitrogens is 3. The smallest absolute Gasteiger partial charge is 0.271 e. The number of carbonyl (C=O) groups is 1. The average Bonchev–Trinajstić information content (AvgIpc) is 3.73. The number of amides is 1. The first-order valence-corrected chi connectivity index (χ1v) is 15.5. The van der Waals surface area contributed by atoms with E-state index in [2.05, 4.69) is 37.8 Å². The highest BCUT2D eigenvalue weighted by molar-refractivity contribution is 7.14. The number of H-pyrrole nitrogens is 1. The number of likely N-dealkylation sites (tertiary alicyclic amines) is 1. The lowest BCUT2D eigenvalue weighted by molar-refractivity contribution is 0.102. The number of nitrogens with zero attached hydrogens (tertiary/aromatic N) is 3. The van der Waals surface area contributed by atoms with Crippen molar-refractivity contribution in [2.24, 2.45) is 0 Å². The van der Waals surface area contributed by atoms with Crippen molar-refractivity contribution in [3.05, 3.63) is 85.1 Å². The van der Waals surface area contributed by atoms with Crippen molar-refractivity contribution >= 4 is 34.4 Å². The van der Waals surface area contributed by atoms with Crippen LogP contribution in [-0.4, -0.2) is 46.1 Å². The number of anilines is 3. The van der Waals surface area contributed by atoms with E-state index in [4.69, 9.17) is 0 Å². The monoisotopic (exact) mass is 602 g/mol. The van der Waals surface area contributed by atoms with Gasteiger partial charge in [-0.3, -0.25) is 9.59 Å². The first-order valence-electron chi connectivity index (χ1n) is 14.7. The van der Waals surface area contributed by atoms with E-state index in [1.807, 2.05) is 12.1 Å². The summed E-state index contributed by atoms with van der Waals surface area (Å²) in [7, 11) is 2.11. The molecule has 2 bridgehead atoms. The number of fused-ring (bicyclic) bond motifs is 5. The topological polar surface area (TPSA) is 103 Å². The number of aromatic amines is 1. The van der Waals surface area contributed by atoms with Crippen LogP contribution in [0.15, 0.2) is 41.2 Å². The summed E-state index contributed by atoms with van der Waals surface area (Å²) in [5.41, 5.74) is 2.12. The molecule has 2 unspecified atom stereocenters. The Bertz CT molecular complexity index is 1750. The highest BCUT2D eigenvalue weighted by Crippen LogP contribution is 2.56. The lowest BCUT2D eigenvalue weighted by Crippen LogP contribution is -2.29. The number of carbonyl (C=O) groups excluding carboxylic acids is 1. The molecule has 0 radical (unpaired) electrons. The maximum absolute atomic E-state index is 15.9. The van der Waals surface area contributed by atoms with Crippen LogP contribution in [0.1, 0.15) is 81.4 Å². The highest BCUT2D eigenvalue weighted by Gasteiger charge is 2.39. The van der Waals surface area contributed by atoms with Crippen LogP contribution in [0.5, 0.6) is 0 Å². The Morgan fingerprint density at radius 1 is 1.00 bits per heavy atom. The second-order valence-corrected chi connectivity index (χ2v) is 13.1. The lowest BCUT2D eigenvalue weighted by Gasteiger charge is -2.28. The van der Waals surface area contributed by atoms with Crippen LogP contribution < -0.4 is 16.2 Å². The van der Waals surface area contributed by atoms with Gasteiger partial charge in [-0.15, -0.1) is 16.4 Å². The summed E-state index contributed by atoms with van der Waals surface area (Å²) in [6.07, 6.45) is 5.44. The van der Waals surface area contributed by atoms with E-state index in [1.165, 1.54) is 33.9 Å². The molecule has 4 heterocycles. The average molecular weight is 603 g/mol. The SMILES string of the molecule is Cc1[nH]c(=O)c(Nc2ccc(C3CCN(C)CC3)nn2)cc1-c1ccc(F)c(NC(=O)c2cc3c(s2)C2CCC3C2)c1F. The molecule has 2 aliphatic carbocycles. The zero-order valence-electron chi connectivity index (χ0n) is 24.0. The van der Waals surface area contributed by atoms with Gasteiger partial charge in [0, 0.05) is 27.6 Å². The van der Waals surface area contributed by atoms with Gasteiger partial charge in [0.05, 0.1) is 10.6 Å². The van der Waals surface area contributed by atoms with Crippen LogP contribution in [0.3, 0.4) is 0 Å². The fourth-order valence-corrected chi connectivity index (χ4v) is 8.08. The highest BCUT2D eigenvalue weighted by atomic mass is 32.1. The van der Waals surface area contributed by atoms with E-state index in [9.17, 15) is 14.0 Å². The summed E-state index contributed by atoms with van der Waals surface area (Å²) >= 11 is 1.42. The molecule has 222 valence electrons. The molecule has 1 aliphatic heterocycles. The van der Waals surface area contributed by atoms with Crippen molar-refractivity contribution in [3.8, 4) is 11.1 Å². The molecular weight excluding hydrogens is 570 g/mol. The Labute approximate surface area is 251 Å². The molecule has 1 aromatic carbocycles. The van der Waals surface area contributed by atoms with Crippen molar-refractivity contribution in [2.45, 2.75) is 56.8 Å². The summed E-state index contributed by atoms with van der Waals surface area (Å²) in [5.74, 6) is -0.613. The second kappa shape index (κ2) is 10.9. The van der Waals surface area contributed by atoms with Gasteiger partial charge in [0.2, 0.25) is 0 Å². The van der Waals surface area contributed by atoms with Crippen molar-refractivity contribution < 1.29 is 13.6 Å². The van der Waals surface area contributed by atoms with Gasteiger partial charge < -0.3 is 20.5 Å². The van der Waals surface area contributed by atoms with Crippen LogP contribution in [0, 0.1) is 18.6 Å². The minimum absolute atomic E-state index is 0.0453. The molecule has 1 saturated heterocycles. The molecule has 2 atom stereocenters. The number of nitrogens with one attached hydrogen (secondary N) is 3. The molecule has 8 nitrogen and oxygen atoms in total. The van der Waals surface area contributed by atoms with E-state index in [-0.39, 0.29) is 11.3 Å². The third kappa shape index (κ3) is 5.14. The molecule has 1 amide bonds. The summed E-state index contributed by atoms with van der Waals surface area (Å²) in [4.78, 5) is 32.6. The largest absolute Gasteiger partial charge is 0.334 e. The predicted octanol–water partition coefficient (Wildman–Crippen LogP) is 6.65. The number of aryl methyl sites for hydroxylation is 1. The maximum Gasteiger partial charge on any atom is 0.271 e. The molecule has 4 aromatic rings. The van der Waals surface area contributed by atoms with Gasteiger partial charge in [0.25, 0.3) is 11.5 Å². The standard InChI is InChI=1S/C32H32F2N6O2S/c1-16-21(14-25(31(41)35-16)36-27-8-7-24(38-39-27)17-9-11-40(2)12-10-17)20-5-6-23(33)29(28(20)34)37-32(42)26-15-22-18-3-4-19(13-18)30(22)43-26/h5-8,14-15,17-19H,3-4,9-13H2,1-2H3,(H,35,41)(H,36,39)(H,37,42). The number of hydrogen-bond donors (Lipinski definition) is 3. The van der Waals surface area contributed by atoms with Gasteiger partial charge >= 0.3 is 0 Å². The third-order valence-corrected chi connectivity index (χ3v) is 10.5. The summed E-state index contributed by atoms with van der Waals surface area (Å²) < 4.78 is 30.8. The van der Waals surface area contributed by atoms with Gasteiger partial charge in [-0.05, 0) is 113 Å². The van der Waals surface area contributed by atoms with E-state index in [0.717, 1.165) is 57.0 Å². The molecule has 2 fully saturated rings. The van der Waals surface area contributed by atoms with Crippen molar-refractivity contribution in [1.29, 1.82) is 0 Å². The maximum atomic E-state index is 15.9. The number of thiophene rings is 1. The molecule has 3 aliphatic rings. The van der Waals surface area contributed by atoms with E-state index in [0.29, 0.717) is 39.7 Å². The van der Waals surface area contributed by atoms with Crippen LogP contribution >= 0.6 is 11.3 Å². The number of hydrogen-bond acceptors (Lipinski definition) is 7. The van der Waals surface area contributed by atoms with Crippen LogP contribution in [-0.2, 0) is 0 Å². The Kier molecular flexibility index (Phi) is 7.09. The van der Waals surface area contributed by atoms with Crippen molar-refractivity contribution in [3.63, 3.8) is 0 Å². The number of piperidine rings is 1. The Morgan fingerprint density at radius 3 is 2.53 bits per heavy atom. The van der Waals surface area contributed by atoms with Crippen LogP contribution in [0.4, 0.5) is 26.0 Å². The normalized spacial score (nSPS) is 19.9. The minimum Gasteiger partial charge on any atom is -0.334 e. The molecule has 43 heavy (non-hydrogen) atoms. The Morgan fingerprint density at radius 2 is 1.79 bits per heavy atom. The number of rotatable bonds is 6. The molecule has 3 aromatic heterocycles. The molecule has 1 saturated carbocycles. The quantitative estimate of drug-likeness (QED) is 0.228. The zero-order valence-corrected chi connectivity index (χ0v) is 24.8. The molecule has 7 rings (SSSR count). The molecule has 0 spiro atoms. The van der Waals surface area contributed by atoms with Gasteiger partial charge in [-0.25, -0.2) is 8.78 Å². The van der Waals surface area contributed by atoms with E-state index >= 15 is 4.39 Å². The number of halogens is 2. The first kappa shape index (κ1) is 27.8. The van der Waals surface area contributed by atoms with Gasteiger partial charge in [0.15, 0.2) is 11.6 Å². The first-order chi connectivity index (χ1) is 20.7. The lowest BCUT2D eigenvalue weighted by atomic mass is 9.94. The van der Waals surface area contributed by atoms with E-state index in [1.54, 1.807) is 13.0 Å². The molecular formula is C32H32F2N6O2S. The second-order valence-electron chi connectivity index (χ2n) is 12.0. The third-order valence-electron chi connectivity index (χ3n) is 9.20. The predicted molar refractivity (Wildman–Crippen MR) is 164 cm³/mol. The van der Waals surface area contributed by atoms with Crippen molar-refractivity contribution in [2.75, 3.05) is 30.8 Å². The zero-order chi connectivity index (χ0) is 29.8. The minimum atomic E-state index is -0.916. The van der Waals surface area contributed by atoms with Crippen LogP contribution in [0.2, 0.25) is 0 Å². The number of benzene rings is 1. The molecule has 11 heteroatoms. The summed E-state index contributed by atoms with van der Waals surface area (Å²) in [6, 6.07) is 9.49. The number of pyridine rings is 1. The molecule has 3 N–H and O–H groups in total. The van der Waals surface area contributed by atoms with E-state index < -0.39 is 28.8 Å². The Hall–Kier alpha value is -3.96. The van der Waals surface area contributed by atoms with Gasteiger partial charge in [-0.2, -0.15) is 5.10 Å².